The van der Waals surface area contributed by atoms with Crippen LogP contribution in [0.3, 0.4) is 0 Å². The van der Waals surface area contributed by atoms with Crippen molar-refractivity contribution in [3.63, 3.8) is 0 Å². The fourth-order valence-electron chi connectivity index (χ4n) is 7.76. The Morgan fingerprint density at radius 2 is 1.93 bits per heavy atom. The first-order valence-corrected chi connectivity index (χ1v) is 14.3. The monoisotopic (exact) mass is 546 g/mol. The van der Waals surface area contributed by atoms with Crippen molar-refractivity contribution in [1.29, 1.82) is 0 Å². The van der Waals surface area contributed by atoms with Crippen LogP contribution in [0.2, 0.25) is 0 Å². The summed E-state index contributed by atoms with van der Waals surface area (Å²) < 4.78 is 24.9. The summed E-state index contributed by atoms with van der Waals surface area (Å²) in [5.74, 6) is -1.90. The van der Waals surface area contributed by atoms with E-state index in [4.69, 9.17) is 18.9 Å². The van der Waals surface area contributed by atoms with E-state index in [0.29, 0.717) is 18.4 Å². The van der Waals surface area contributed by atoms with E-state index in [9.17, 15) is 14.7 Å². The lowest BCUT2D eigenvalue weighted by atomic mass is 9.57. The van der Waals surface area contributed by atoms with Crippen LogP contribution in [-0.2, 0) is 28.5 Å². The molecular formula is C33H38O7. The molecule has 212 valence electrons. The third-order valence-corrected chi connectivity index (χ3v) is 9.76. The summed E-state index contributed by atoms with van der Waals surface area (Å²) in [6.45, 7) is 6.03. The Hall–Kier alpha value is -3.00. The minimum absolute atomic E-state index is 0.129. The van der Waals surface area contributed by atoms with Crippen LogP contribution in [0.25, 0.3) is 0 Å². The van der Waals surface area contributed by atoms with Gasteiger partial charge in [0.1, 0.15) is 23.9 Å². The molecule has 3 aliphatic carbocycles. The molecule has 2 aliphatic heterocycles. The first kappa shape index (κ1) is 27.2. The number of allylic oxidation sites excluding steroid dienone is 3. The fourth-order valence-corrected chi connectivity index (χ4v) is 7.76. The molecule has 7 heteroatoms. The van der Waals surface area contributed by atoms with Gasteiger partial charge in [-0.1, -0.05) is 80.6 Å². The van der Waals surface area contributed by atoms with E-state index < -0.39 is 42.1 Å². The number of carbonyl (C=O) groups is 2. The number of hydrogen-bond acceptors (Lipinski definition) is 7. The molecule has 2 heterocycles. The van der Waals surface area contributed by atoms with Crippen LogP contribution in [0, 0.1) is 29.6 Å². The number of hydrogen-bond donors (Lipinski definition) is 1. The Bertz CT molecular complexity index is 1280. The lowest BCUT2D eigenvalue weighted by Crippen LogP contribution is -2.57. The fraction of sp³-hybridized carbons (Fsp3) is 0.515. The van der Waals surface area contributed by atoms with Gasteiger partial charge < -0.3 is 24.1 Å². The Morgan fingerprint density at radius 1 is 1.15 bits per heavy atom. The highest BCUT2D eigenvalue weighted by Gasteiger charge is 2.69. The molecule has 4 bridgehead atoms. The van der Waals surface area contributed by atoms with Gasteiger partial charge in [0.2, 0.25) is 0 Å². The van der Waals surface area contributed by atoms with Gasteiger partial charge in [0, 0.05) is 42.3 Å². The number of esters is 2. The van der Waals surface area contributed by atoms with Crippen molar-refractivity contribution in [3.05, 3.63) is 83.5 Å². The van der Waals surface area contributed by atoms with Crippen molar-refractivity contribution >= 4 is 11.9 Å². The van der Waals surface area contributed by atoms with Crippen molar-refractivity contribution in [2.45, 2.75) is 69.7 Å². The Balaban J connectivity index is 1.41. The predicted molar refractivity (Wildman–Crippen MR) is 148 cm³/mol. The van der Waals surface area contributed by atoms with Gasteiger partial charge in [-0.3, -0.25) is 0 Å². The number of ether oxygens (including phenoxy) is 4. The number of carbonyl (C=O) groups excluding carboxylic acids is 2. The molecule has 1 saturated heterocycles. The molecule has 40 heavy (non-hydrogen) atoms. The second kappa shape index (κ2) is 10.4. The van der Waals surface area contributed by atoms with Crippen LogP contribution in [0.4, 0.5) is 0 Å². The molecular weight excluding hydrogens is 508 g/mol. The van der Waals surface area contributed by atoms with Crippen molar-refractivity contribution in [2.24, 2.45) is 29.6 Å². The highest BCUT2D eigenvalue weighted by Crippen LogP contribution is 2.61. The average molecular weight is 547 g/mol. The number of rotatable bonds is 4. The first-order valence-electron chi connectivity index (χ1n) is 14.3. The average Bonchev–Trinajstić information content (AvgIpc) is 3.56. The second-order valence-corrected chi connectivity index (χ2v) is 12.0. The lowest BCUT2D eigenvalue weighted by Gasteiger charge is -2.48. The number of aliphatic hydroxyl groups is 1. The van der Waals surface area contributed by atoms with E-state index in [1.54, 1.807) is 6.08 Å². The van der Waals surface area contributed by atoms with Gasteiger partial charge in [0.25, 0.3) is 0 Å². The van der Waals surface area contributed by atoms with Gasteiger partial charge in [-0.2, -0.15) is 0 Å². The maximum absolute atomic E-state index is 13.4. The Morgan fingerprint density at radius 3 is 2.62 bits per heavy atom. The van der Waals surface area contributed by atoms with Gasteiger partial charge in [-0.25, -0.2) is 9.59 Å². The molecule has 1 aromatic carbocycles. The summed E-state index contributed by atoms with van der Waals surface area (Å²) in [5.41, 5.74) is 1.62. The molecule has 2 fully saturated rings. The Kier molecular flexibility index (Phi) is 7.09. The van der Waals surface area contributed by atoms with E-state index in [1.807, 2.05) is 56.3 Å². The standard InChI is InChI=1S/C33H38O7/c1-18-16-19(2)33-23(17-25(37-4)32(36)38-28(18)21-10-6-5-7-11-21)14-15-24-26(33)27(34)20(3)29(30(24)40-33)39-31(35)22-12-8-9-13-22/h5-12,14-16,18,20,23-30,34H,13,17H2,1-4H3/b19-16+/t18-,20-,23-,24-,25+,26+,27-,28+,29-,30-,33+/m1/s1. The quantitative estimate of drug-likeness (QED) is 0.435. The van der Waals surface area contributed by atoms with Gasteiger partial charge in [-0.05, 0) is 30.9 Å². The molecule has 1 N–H and O–H groups in total. The van der Waals surface area contributed by atoms with E-state index in [0.717, 1.165) is 11.1 Å². The number of methoxy groups -OCH3 is 1. The van der Waals surface area contributed by atoms with Gasteiger partial charge in [0.15, 0.2) is 6.10 Å². The molecule has 0 unspecified atom stereocenters. The predicted octanol–water partition coefficient (Wildman–Crippen LogP) is 4.64. The minimum atomic E-state index is -0.878. The zero-order chi connectivity index (χ0) is 28.2. The third kappa shape index (κ3) is 4.21. The van der Waals surface area contributed by atoms with E-state index in [2.05, 4.69) is 25.2 Å². The SMILES string of the molecule is CO[C@H]1C[C@H]2C=C[C@H]3[C@H]4O[C@]2(/C(C)=C/[C@@H](C)[C@@H](c2ccccc2)OC1=O)[C@@H]3[C@H](O)[C@@H](C)[C@H]4OC(=O)C1=CC=CC1. The summed E-state index contributed by atoms with van der Waals surface area (Å²) in [7, 11) is 1.52. The number of benzene rings is 1. The highest BCUT2D eigenvalue weighted by atomic mass is 16.6. The van der Waals surface area contributed by atoms with E-state index in [1.165, 1.54) is 7.11 Å². The zero-order valence-corrected chi connectivity index (χ0v) is 23.4. The summed E-state index contributed by atoms with van der Waals surface area (Å²) in [6.07, 6.45) is 9.66. The van der Waals surface area contributed by atoms with Crippen LogP contribution in [0.15, 0.2) is 77.9 Å². The topological polar surface area (TPSA) is 91.3 Å². The van der Waals surface area contributed by atoms with Gasteiger partial charge in [-0.15, -0.1) is 0 Å². The summed E-state index contributed by atoms with van der Waals surface area (Å²) in [4.78, 5) is 26.5. The molecule has 0 amide bonds. The minimum Gasteiger partial charge on any atom is -0.456 e. The number of aliphatic hydroxyl groups excluding tert-OH is 1. The van der Waals surface area contributed by atoms with Crippen molar-refractivity contribution in [1.82, 2.24) is 0 Å². The molecule has 1 saturated carbocycles. The van der Waals surface area contributed by atoms with Crippen LogP contribution >= 0.6 is 0 Å². The Labute approximate surface area is 235 Å². The van der Waals surface area contributed by atoms with E-state index >= 15 is 0 Å². The van der Waals surface area contributed by atoms with Crippen LogP contribution in [0.5, 0.6) is 0 Å². The van der Waals surface area contributed by atoms with Gasteiger partial charge in [0.05, 0.1) is 6.10 Å². The zero-order valence-electron chi connectivity index (χ0n) is 23.4. The molecule has 1 aromatic rings. The third-order valence-electron chi connectivity index (χ3n) is 9.76. The summed E-state index contributed by atoms with van der Waals surface area (Å²) in [6, 6.07) is 9.73. The van der Waals surface area contributed by atoms with Crippen LogP contribution in [-0.4, -0.2) is 54.2 Å². The molecule has 7 nitrogen and oxygen atoms in total. The molecule has 6 rings (SSSR count). The van der Waals surface area contributed by atoms with Crippen LogP contribution < -0.4 is 0 Å². The maximum Gasteiger partial charge on any atom is 0.335 e. The normalized spacial score (nSPS) is 43.3. The summed E-state index contributed by atoms with van der Waals surface area (Å²) in [5, 5.41) is 11.8. The second-order valence-electron chi connectivity index (χ2n) is 12.0. The van der Waals surface area contributed by atoms with Crippen molar-refractivity contribution in [2.75, 3.05) is 7.11 Å². The molecule has 1 spiro atoms. The largest absolute Gasteiger partial charge is 0.456 e. The molecule has 0 radical (unpaired) electrons. The van der Waals surface area contributed by atoms with Gasteiger partial charge >= 0.3 is 11.9 Å². The molecule has 11 atom stereocenters. The van der Waals surface area contributed by atoms with Crippen molar-refractivity contribution in [3.8, 4) is 0 Å². The van der Waals surface area contributed by atoms with E-state index in [-0.39, 0.29) is 35.6 Å². The molecule has 5 aliphatic rings. The summed E-state index contributed by atoms with van der Waals surface area (Å²) >= 11 is 0. The smallest absolute Gasteiger partial charge is 0.335 e. The first-order chi connectivity index (χ1) is 19.3. The lowest BCUT2D eigenvalue weighted by molar-refractivity contribution is -0.169. The number of cyclic esters (lactones) is 1. The maximum atomic E-state index is 13.4. The highest BCUT2D eigenvalue weighted by molar-refractivity contribution is 5.90. The molecule has 0 aromatic heterocycles. The van der Waals surface area contributed by atoms with Crippen LogP contribution in [0.1, 0.15) is 45.3 Å². The van der Waals surface area contributed by atoms with Crippen molar-refractivity contribution < 1.29 is 33.6 Å².